The molecule has 2 aliphatic rings. The number of para-hydroxylation sites is 1. The predicted molar refractivity (Wildman–Crippen MR) is 92.5 cm³/mol. The van der Waals surface area contributed by atoms with Gasteiger partial charge in [-0.05, 0) is 33.3 Å². The van der Waals surface area contributed by atoms with E-state index >= 15 is 0 Å². The predicted octanol–water partition coefficient (Wildman–Crippen LogP) is 3.05. The molecule has 6 nitrogen and oxygen atoms in total. The number of aryl methyl sites for hydroxylation is 1. The van der Waals surface area contributed by atoms with E-state index < -0.39 is 0 Å². The zero-order chi connectivity index (χ0) is 17.6. The third-order valence-corrected chi connectivity index (χ3v) is 4.94. The lowest BCUT2D eigenvalue weighted by Gasteiger charge is -2.37. The Morgan fingerprint density at radius 3 is 2.92 bits per heavy atom. The van der Waals surface area contributed by atoms with Crippen molar-refractivity contribution in [2.75, 3.05) is 13.2 Å². The first-order chi connectivity index (χ1) is 11.9. The lowest BCUT2D eigenvalue weighted by atomic mass is 10.00. The van der Waals surface area contributed by atoms with Crippen molar-refractivity contribution in [3.63, 3.8) is 0 Å². The molecule has 1 aromatic heterocycles. The lowest BCUT2D eigenvalue weighted by Crippen LogP contribution is -2.43. The average molecular weight is 343 g/mol. The molecule has 25 heavy (non-hydrogen) atoms. The number of nitrogens with zero attached hydrogens (tertiary/aromatic N) is 3. The largest absolute Gasteiger partial charge is 0.487 e. The van der Waals surface area contributed by atoms with Gasteiger partial charge in [-0.25, -0.2) is 0 Å². The number of fused-ring (bicyclic) bond motifs is 1. The molecular formula is C19H25N3O3. The molecule has 1 saturated heterocycles. The first kappa shape index (κ1) is 16.5. The molecule has 0 N–H and O–H groups in total. The minimum atomic E-state index is -0.139. The third kappa shape index (κ3) is 3.16. The molecule has 6 heteroatoms. The smallest absolute Gasteiger partial charge is 0.246 e. The summed E-state index contributed by atoms with van der Waals surface area (Å²) >= 11 is 0. The molecule has 0 amide bonds. The summed E-state index contributed by atoms with van der Waals surface area (Å²) in [7, 11) is 0. The summed E-state index contributed by atoms with van der Waals surface area (Å²) in [6.07, 6.45) is 0.949. The van der Waals surface area contributed by atoms with Gasteiger partial charge in [-0.15, -0.1) is 0 Å². The topological polar surface area (TPSA) is 60.6 Å². The summed E-state index contributed by atoms with van der Waals surface area (Å²) in [5.41, 5.74) is 2.35. The highest BCUT2D eigenvalue weighted by Crippen LogP contribution is 2.39. The third-order valence-electron chi connectivity index (χ3n) is 4.94. The highest BCUT2D eigenvalue weighted by molar-refractivity contribution is 5.45. The Hall–Kier alpha value is -1.92. The van der Waals surface area contributed by atoms with Crippen molar-refractivity contribution in [1.29, 1.82) is 0 Å². The molecule has 0 unspecified atom stereocenters. The van der Waals surface area contributed by atoms with Crippen molar-refractivity contribution in [3.8, 4) is 5.75 Å². The van der Waals surface area contributed by atoms with Crippen molar-refractivity contribution in [3.05, 3.63) is 41.0 Å². The molecule has 2 atom stereocenters. The molecule has 3 heterocycles. The molecule has 0 spiro atoms. The van der Waals surface area contributed by atoms with E-state index in [4.69, 9.17) is 14.0 Å². The number of hydrogen-bond donors (Lipinski definition) is 0. The molecule has 0 saturated carbocycles. The van der Waals surface area contributed by atoms with E-state index in [9.17, 15) is 0 Å². The van der Waals surface area contributed by atoms with Gasteiger partial charge < -0.3 is 14.0 Å². The van der Waals surface area contributed by atoms with E-state index in [2.05, 4.69) is 54.0 Å². The van der Waals surface area contributed by atoms with Crippen LogP contribution in [0.3, 0.4) is 0 Å². The van der Waals surface area contributed by atoms with Gasteiger partial charge in [-0.3, -0.25) is 4.90 Å². The van der Waals surface area contributed by atoms with Crippen molar-refractivity contribution in [2.45, 2.75) is 58.4 Å². The second-order valence-corrected chi connectivity index (χ2v) is 7.61. The van der Waals surface area contributed by atoms with Crippen LogP contribution in [0.2, 0.25) is 0 Å². The van der Waals surface area contributed by atoms with Gasteiger partial charge in [0.15, 0.2) is 5.82 Å². The Morgan fingerprint density at radius 2 is 2.16 bits per heavy atom. The Morgan fingerprint density at radius 1 is 1.32 bits per heavy atom. The number of rotatable bonds is 3. The van der Waals surface area contributed by atoms with Crippen LogP contribution in [-0.2, 0) is 17.7 Å². The number of ether oxygens (including phenoxy) is 2. The second kappa shape index (κ2) is 6.11. The maximum absolute atomic E-state index is 6.23. The van der Waals surface area contributed by atoms with Crippen LogP contribution in [0.15, 0.2) is 22.7 Å². The molecule has 4 rings (SSSR count). The van der Waals surface area contributed by atoms with E-state index in [0.717, 1.165) is 25.3 Å². The SMILES string of the molecule is Cc1noc([C@@H]2[C@@H](C)OCCN2Cc2cccc3c2OC(C)(C)C3)n1. The van der Waals surface area contributed by atoms with Gasteiger partial charge >= 0.3 is 0 Å². The lowest BCUT2D eigenvalue weighted by molar-refractivity contribution is -0.0766. The zero-order valence-electron chi connectivity index (χ0n) is 15.3. The van der Waals surface area contributed by atoms with Gasteiger partial charge in [0.1, 0.15) is 17.4 Å². The van der Waals surface area contributed by atoms with Crippen LogP contribution in [0, 0.1) is 6.92 Å². The molecule has 1 fully saturated rings. The number of aromatic nitrogens is 2. The summed E-state index contributed by atoms with van der Waals surface area (Å²) < 4.78 is 17.5. The Bertz CT molecular complexity index is 771. The van der Waals surface area contributed by atoms with Crippen LogP contribution >= 0.6 is 0 Å². The minimum absolute atomic E-state index is 0.00252. The maximum Gasteiger partial charge on any atom is 0.246 e. The summed E-state index contributed by atoms with van der Waals surface area (Å²) in [5, 5.41) is 3.95. The fourth-order valence-electron chi connectivity index (χ4n) is 3.87. The van der Waals surface area contributed by atoms with Crippen LogP contribution in [0.5, 0.6) is 5.75 Å². The quantitative estimate of drug-likeness (QED) is 0.854. The Labute approximate surface area is 148 Å². The van der Waals surface area contributed by atoms with Crippen LogP contribution in [0.25, 0.3) is 0 Å². The Balaban J connectivity index is 1.63. The monoisotopic (exact) mass is 343 g/mol. The van der Waals surface area contributed by atoms with Gasteiger partial charge in [0.05, 0.1) is 12.7 Å². The number of morpholine rings is 1. The van der Waals surface area contributed by atoms with Crippen LogP contribution in [-0.4, -0.2) is 39.9 Å². The molecular weight excluding hydrogens is 318 g/mol. The average Bonchev–Trinajstić information content (AvgIpc) is 3.09. The van der Waals surface area contributed by atoms with E-state index in [-0.39, 0.29) is 17.7 Å². The normalized spacial score (nSPS) is 25.6. The standard InChI is InChI=1S/C19H25N3O3/c1-12-16(18-20-13(2)21-25-18)22(8-9-23-12)11-15-7-5-6-14-10-19(3,4)24-17(14)15/h5-7,12,16H,8-11H2,1-4H3/t12-,16+/m1/s1. The molecule has 134 valence electrons. The van der Waals surface area contributed by atoms with Gasteiger partial charge in [-0.1, -0.05) is 23.4 Å². The van der Waals surface area contributed by atoms with Crippen molar-refractivity contribution < 1.29 is 14.0 Å². The summed E-state index contributed by atoms with van der Waals surface area (Å²) in [5.74, 6) is 2.31. The van der Waals surface area contributed by atoms with E-state index in [0.29, 0.717) is 18.3 Å². The number of hydrogen-bond acceptors (Lipinski definition) is 6. The first-order valence-corrected chi connectivity index (χ1v) is 8.88. The highest BCUT2D eigenvalue weighted by Gasteiger charge is 2.37. The summed E-state index contributed by atoms with van der Waals surface area (Å²) in [6, 6.07) is 6.39. The molecule has 0 aliphatic carbocycles. The Kier molecular flexibility index (Phi) is 4.04. The number of benzene rings is 1. The fourth-order valence-corrected chi connectivity index (χ4v) is 3.87. The van der Waals surface area contributed by atoms with Crippen molar-refractivity contribution in [1.82, 2.24) is 15.0 Å². The van der Waals surface area contributed by atoms with Gasteiger partial charge in [0.2, 0.25) is 5.89 Å². The molecule has 2 aromatic rings. The zero-order valence-corrected chi connectivity index (χ0v) is 15.3. The highest BCUT2D eigenvalue weighted by atomic mass is 16.5. The summed E-state index contributed by atoms with van der Waals surface area (Å²) in [4.78, 5) is 6.79. The van der Waals surface area contributed by atoms with Gasteiger partial charge in [-0.2, -0.15) is 4.98 Å². The minimum Gasteiger partial charge on any atom is -0.487 e. The molecule has 2 aliphatic heterocycles. The fraction of sp³-hybridized carbons (Fsp3) is 0.579. The molecule has 1 aromatic carbocycles. The van der Waals surface area contributed by atoms with Crippen LogP contribution in [0.1, 0.15) is 49.7 Å². The van der Waals surface area contributed by atoms with E-state index in [1.54, 1.807) is 0 Å². The first-order valence-electron chi connectivity index (χ1n) is 8.88. The van der Waals surface area contributed by atoms with Crippen LogP contribution < -0.4 is 4.74 Å². The second-order valence-electron chi connectivity index (χ2n) is 7.61. The van der Waals surface area contributed by atoms with Crippen LogP contribution in [0.4, 0.5) is 0 Å². The van der Waals surface area contributed by atoms with Gasteiger partial charge in [0, 0.05) is 25.1 Å². The maximum atomic E-state index is 6.23. The van der Waals surface area contributed by atoms with Gasteiger partial charge in [0.25, 0.3) is 0 Å². The molecule has 0 bridgehead atoms. The summed E-state index contributed by atoms with van der Waals surface area (Å²) in [6.45, 7) is 10.5. The molecule has 0 radical (unpaired) electrons. The van der Waals surface area contributed by atoms with E-state index in [1.165, 1.54) is 11.1 Å². The van der Waals surface area contributed by atoms with E-state index in [1.807, 2.05) is 6.92 Å². The van der Waals surface area contributed by atoms with Crippen molar-refractivity contribution >= 4 is 0 Å². The van der Waals surface area contributed by atoms with Crippen molar-refractivity contribution in [2.24, 2.45) is 0 Å².